The number of nitrogens with zero attached hydrogens (tertiary/aromatic N) is 3. The highest BCUT2D eigenvalue weighted by atomic mass is 16.5. The average Bonchev–Trinajstić information content (AvgIpc) is 2.86. The minimum absolute atomic E-state index is 0.0135. The molecule has 0 aliphatic heterocycles. The Morgan fingerprint density at radius 3 is 2.83 bits per heavy atom. The molecule has 2 rings (SSSR count). The molecular formula is C17H23N3O3. The predicted octanol–water partition coefficient (Wildman–Crippen LogP) is 1.99. The van der Waals surface area contributed by atoms with Crippen LogP contribution in [0.15, 0.2) is 24.4 Å². The fraction of sp³-hybridized carbons (Fsp3) is 0.471. The van der Waals surface area contributed by atoms with Crippen molar-refractivity contribution in [3.8, 4) is 0 Å². The minimum atomic E-state index is -0.273. The number of aryl methyl sites for hydroxylation is 2. The third-order valence-electron chi connectivity index (χ3n) is 3.79. The first-order valence-corrected chi connectivity index (χ1v) is 7.85. The van der Waals surface area contributed by atoms with Crippen molar-refractivity contribution in [3.05, 3.63) is 35.8 Å². The number of ether oxygens (including phenoxy) is 1. The molecule has 23 heavy (non-hydrogen) atoms. The second-order valence-electron chi connectivity index (χ2n) is 5.44. The van der Waals surface area contributed by atoms with Crippen molar-refractivity contribution < 1.29 is 14.3 Å². The number of hydrogen-bond acceptors (Lipinski definition) is 4. The second-order valence-corrected chi connectivity index (χ2v) is 5.44. The Bertz CT molecular complexity index is 693. The maximum absolute atomic E-state index is 12.2. The summed E-state index contributed by atoms with van der Waals surface area (Å²) in [5.74, 6) is -0.260. The number of carbonyl (C=O) groups is 2. The number of amides is 1. The molecule has 0 N–H and O–H groups in total. The molecule has 0 fully saturated rings. The molecule has 6 nitrogen and oxygen atoms in total. The number of hydrogen-bond donors (Lipinski definition) is 0. The molecule has 0 bridgehead atoms. The topological polar surface area (TPSA) is 63.9 Å². The molecular weight excluding hydrogens is 294 g/mol. The lowest BCUT2D eigenvalue weighted by atomic mass is 10.2. The minimum Gasteiger partial charge on any atom is -0.466 e. The van der Waals surface area contributed by atoms with Crippen LogP contribution in [0.25, 0.3) is 5.65 Å². The molecule has 2 aromatic heterocycles. The normalized spacial score (nSPS) is 10.7. The van der Waals surface area contributed by atoms with Crippen molar-refractivity contribution in [2.45, 2.75) is 33.1 Å². The van der Waals surface area contributed by atoms with Crippen LogP contribution in [-0.4, -0.2) is 46.4 Å². The number of imidazole rings is 1. The van der Waals surface area contributed by atoms with E-state index in [1.807, 2.05) is 35.7 Å². The Balaban J connectivity index is 1.90. The quantitative estimate of drug-likeness (QED) is 0.733. The van der Waals surface area contributed by atoms with Gasteiger partial charge in [-0.1, -0.05) is 6.07 Å². The molecule has 0 aliphatic rings. The van der Waals surface area contributed by atoms with Gasteiger partial charge in [0.1, 0.15) is 5.65 Å². The zero-order chi connectivity index (χ0) is 16.8. The number of rotatable bonds is 7. The van der Waals surface area contributed by atoms with Crippen LogP contribution in [0.2, 0.25) is 0 Å². The molecule has 0 radical (unpaired) electrons. The van der Waals surface area contributed by atoms with Crippen LogP contribution in [0.4, 0.5) is 0 Å². The van der Waals surface area contributed by atoms with Gasteiger partial charge >= 0.3 is 5.97 Å². The van der Waals surface area contributed by atoms with Gasteiger partial charge in [0, 0.05) is 31.9 Å². The van der Waals surface area contributed by atoms with Crippen molar-refractivity contribution in [3.63, 3.8) is 0 Å². The number of pyridine rings is 1. The lowest BCUT2D eigenvalue weighted by Crippen LogP contribution is -2.29. The van der Waals surface area contributed by atoms with E-state index in [1.165, 1.54) is 0 Å². The summed E-state index contributed by atoms with van der Waals surface area (Å²) in [6, 6.07) is 5.84. The highest BCUT2D eigenvalue weighted by molar-refractivity contribution is 5.77. The standard InChI is InChI=1S/C17H23N3O3/c1-4-23-17(22)10-12-19(3)16(21)9-8-14-13(2)18-15-7-5-6-11-20(14)15/h5-7,11H,4,8-10,12H2,1-3H3. The largest absolute Gasteiger partial charge is 0.466 e. The summed E-state index contributed by atoms with van der Waals surface area (Å²) >= 11 is 0. The summed E-state index contributed by atoms with van der Waals surface area (Å²) in [5, 5.41) is 0. The molecule has 0 saturated carbocycles. The number of fused-ring (bicyclic) bond motifs is 1. The SMILES string of the molecule is CCOC(=O)CCN(C)C(=O)CCc1c(C)nc2ccccn12. The van der Waals surface area contributed by atoms with Gasteiger partial charge in [0.2, 0.25) is 5.91 Å². The fourth-order valence-electron chi connectivity index (χ4n) is 2.50. The summed E-state index contributed by atoms with van der Waals surface area (Å²) in [4.78, 5) is 29.6. The summed E-state index contributed by atoms with van der Waals surface area (Å²) in [5.41, 5.74) is 2.88. The van der Waals surface area contributed by atoms with E-state index in [4.69, 9.17) is 4.74 Å². The Morgan fingerprint density at radius 1 is 1.30 bits per heavy atom. The van der Waals surface area contributed by atoms with Crippen molar-refractivity contribution in [2.75, 3.05) is 20.2 Å². The molecule has 1 amide bonds. The van der Waals surface area contributed by atoms with E-state index in [1.54, 1.807) is 18.9 Å². The number of aromatic nitrogens is 2. The summed E-state index contributed by atoms with van der Waals surface area (Å²) < 4.78 is 6.88. The lowest BCUT2D eigenvalue weighted by Gasteiger charge is -2.16. The maximum atomic E-state index is 12.2. The van der Waals surface area contributed by atoms with Gasteiger partial charge in [0.15, 0.2) is 0 Å². The van der Waals surface area contributed by atoms with E-state index in [2.05, 4.69) is 4.98 Å². The molecule has 124 valence electrons. The molecule has 0 unspecified atom stereocenters. The Labute approximate surface area is 136 Å². The van der Waals surface area contributed by atoms with E-state index in [-0.39, 0.29) is 18.3 Å². The molecule has 0 atom stereocenters. The first kappa shape index (κ1) is 17.0. The molecule has 2 aromatic rings. The van der Waals surface area contributed by atoms with Crippen molar-refractivity contribution in [1.29, 1.82) is 0 Å². The summed E-state index contributed by atoms with van der Waals surface area (Å²) in [6.45, 7) is 4.47. The smallest absolute Gasteiger partial charge is 0.307 e. The Morgan fingerprint density at radius 2 is 2.09 bits per heavy atom. The molecule has 0 spiro atoms. The van der Waals surface area contributed by atoms with Crippen LogP contribution in [0.1, 0.15) is 31.2 Å². The van der Waals surface area contributed by atoms with Gasteiger partial charge in [0.25, 0.3) is 0 Å². The first-order valence-electron chi connectivity index (χ1n) is 7.85. The fourth-order valence-corrected chi connectivity index (χ4v) is 2.50. The maximum Gasteiger partial charge on any atom is 0.307 e. The van der Waals surface area contributed by atoms with E-state index < -0.39 is 0 Å². The zero-order valence-corrected chi connectivity index (χ0v) is 13.9. The average molecular weight is 317 g/mol. The molecule has 0 saturated heterocycles. The van der Waals surface area contributed by atoms with Gasteiger partial charge in [-0.2, -0.15) is 0 Å². The van der Waals surface area contributed by atoms with Crippen molar-refractivity contribution in [1.82, 2.24) is 14.3 Å². The molecule has 6 heteroatoms. The number of carbonyl (C=O) groups excluding carboxylic acids is 2. The van der Waals surface area contributed by atoms with E-state index >= 15 is 0 Å². The number of esters is 1. The van der Waals surface area contributed by atoms with E-state index in [0.717, 1.165) is 17.0 Å². The third-order valence-corrected chi connectivity index (χ3v) is 3.79. The van der Waals surface area contributed by atoms with Crippen LogP contribution in [0.3, 0.4) is 0 Å². The summed E-state index contributed by atoms with van der Waals surface area (Å²) in [7, 11) is 1.71. The Hall–Kier alpha value is -2.37. The predicted molar refractivity (Wildman–Crippen MR) is 87.1 cm³/mol. The van der Waals surface area contributed by atoms with Gasteiger partial charge in [-0.25, -0.2) is 4.98 Å². The highest BCUT2D eigenvalue weighted by Crippen LogP contribution is 2.14. The Kier molecular flexibility index (Phi) is 5.73. The van der Waals surface area contributed by atoms with Gasteiger partial charge in [0.05, 0.1) is 18.7 Å². The van der Waals surface area contributed by atoms with Gasteiger partial charge < -0.3 is 14.0 Å². The van der Waals surface area contributed by atoms with Gasteiger partial charge in [-0.3, -0.25) is 9.59 Å². The van der Waals surface area contributed by atoms with Crippen LogP contribution in [0.5, 0.6) is 0 Å². The van der Waals surface area contributed by atoms with E-state index in [0.29, 0.717) is 26.0 Å². The van der Waals surface area contributed by atoms with Crippen LogP contribution < -0.4 is 0 Å². The second kappa shape index (κ2) is 7.76. The van der Waals surface area contributed by atoms with Crippen molar-refractivity contribution in [2.24, 2.45) is 0 Å². The third kappa shape index (κ3) is 4.31. The highest BCUT2D eigenvalue weighted by Gasteiger charge is 2.14. The first-order chi connectivity index (χ1) is 11.0. The van der Waals surface area contributed by atoms with Crippen LogP contribution >= 0.6 is 0 Å². The zero-order valence-electron chi connectivity index (χ0n) is 13.9. The van der Waals surface area contributed by atoms with Gasteiger partial charge in [-0.05, 0) is 32.4 Å². The summed E-state index contributed by atoms with van der Waals surface area (Å²) in [6.07, 6.45) is 3.20. The van der Waals surface area contributed by atoms with Crippen molar-refractivity contribution >= 4 is 17.5 Å². The van der Waals surface area contributed by atoms with E-state index in [9.17, 15) is 9.59 Å². The van der Waals surface area contributed by atoms with Crippen LogP contribution in [-0.2, 0) is 20.7 Å². The monoisotopic (exact) mass is 317 g/mol. The lowest BCUT2D eigenvalue weighted by molar-refractivity contribution is -0.143. The van der Waals surface area contributed by atoms with Crippen LogP contribution in [0, 0.1) is 6.92 Å². The molecule has 0 aliphatic carbocycles. The van der Waals surface area contributed by atoms with Gasteiger partial charge in [-0.15, -0.1) is 0 Å². The molecule has 0 aromatic carbocycles. The molecule has 2 heterocycles.